The first-order valence-corrected chi connectivity index (χ1v) is 2.11. The molecule has 0 heterocycles. The molecule has 0 spiro atoms. The minimum absolute atomic E-state index is 0. The van der Waals surface area contributed by atoms with Crippen LogP contribution in [0.1, 0.15) is 0 Å². The molecule has 2 nitrogen and oxygen atoms in total. The second-order valence-electron chi connectivity index (χ2n) is 0.414. The molecule has 0 aliphatic rings. The average molecular weight is 126 g/mol. The Morgan fingerprint density at radius 2 is 1.50 bits per heavy atom. The van der Waals surface area contributed by atoms with Crippen molar-refractivity contribution in [3.05, 3.63) is 0 Å². The Hall–Kier alpha value is 0.970. The smallest absolute Gasteiger partial charge is 0.722 e. The first kappa shape index (κ1) is 10.1. The van der Waals surface area contributed by atoms with Crippen molar-refractivity contribution in [3.8, 4) is 0 Å². The summed E-state index contributed by atoms with van der Waals surface area (Å²) in [5, 5.41) is 0. The van der Waals surface area contributed by atoms with E-state index in [-0.39, 0.29) is 29.6 Å². The maximum Gasteiger partial charge on any atom is 1.00 e. The Bertz CT molecular complexity index is 57.7. The summed E-state index contributed by atoms with van der Waals surface area (Å²) in [6.45, 7) is 0. The van der Waals surface area contributed by atoms with Gasteiger partial charge in [-0.05, 0) is 0 Å². The van der Waals surface area contributed by atoms with Crippen molar-refractivity contribution in [1.29, 1.82) is 0 Å². The SMILES string of the molecule is O=[SH]([O-])(F)F.[Na+]. The van der Waals surface area contributed by atoms with Gasteiger partial charge in [0.2, 0.25) is 0 Å². The quantitative estimate of drug-likeness (QED) is 0.212. The predicted molar refractivity (Wildman–Crippen MR) is 12.5 cm³/mol. The molecule has 6 heavy (non-hydrogen) atoms. The Morgan fingerprint density at radius 1 is 1.50 bits per heavy atom. The van der Waals surface area contributed by atoms with Crippen LogP contribution in [0, 0.1) is 0 Å². The van der Waals surface area contributed by atoms with E-state index in [0.717, 1.165) is 0 Å². The van der Waals surface area contributed by atoms with Gasteiger partial charge >= 0.3 is 29.6 Å². The minimum atomic E-state index is -5.89. The maximum absolute atomic E-state index is 10.0. The van der Waals surface area contributed by atoms with Gasteiger partial charge in [-0.1, -0.05) is 11.0 Å². The van der Waals surface area contributed by atoms with Gasteiger partial charge in [0.15, 0.2) is 0 Å². The average Bonchev–Trinajstić information content (AvgIpc) is 0.722. The second kappa shape index (κ2) is 3.04. The predicted octanol–water partition coefficient (Wildman–Crippen LogP) is -3.09. The van der Waals surface area contributed by atoms with Crippen LogP contribution in [-0.4, -0.2) is 8.76 Å². The van der Waals surface area contributed by atoms with Gasteiger partial charge in [-0.3, -0.25) is 0 Å². The van der Waals surface area contributed by atoms with E-state index in [0.29, 0.717) is 0 Å². The summed E-state index contributed by atoms with van der Waals surface area (Å²) in [6, 6.07) is 0. The second-order valence-corrected chi connectivity index (χ2v) is 1.24. The molecule has 0 radical (unpaired) electrons. The molecule has 0 saturated heterocycles. The molecule has 0 rings (SSSR count). The summed E-state index contributed by atoms with van der Waals surface area (Å²) < 4.78 is 36.7. The molecule has 0 atom stereocenters. The van der Waals surface area contributed by atoms with Crippen molar-refractivity contribution in [2.24, 2.45) is 0 Å². The zero-order valence-corrected chi connectivity index (χ0v) is 5.91. The van der Waals surface area contributed by atoms with Crippen LogP contribution in [0.4, 0.5) is 7.77 Å². The molecule has 0 aliphatic heterocycles. The standard InChI is InChI=1S/F2H2O2S.Na/c1-5(2,3)4;/h5H,(H,3,4);/q;+1/p-1. The van der Waals surface area contributed by atoms with Crippen LogP contribution >= 0.6 is 0 Å². The van der Waals surface area contributed by atoms with Crippen molar-refractivity contribution >= 4 is 11.0 Å². The molecule has 0 N–H and O–H groups in total. The van der Waals surface area contributed by atoms with Crippen LogP contribution in [0.2, 0.25) is 0 Å². The summed E-state index contributed by atoms with van der Waals surface area (Å²) in [5.41, 5.74) is 0. The molecule has 0 aromatic carbocycles. The van der Waals surface area contributed by atoms with Crippen LogP contribution < -0.4 is 29.6 Å². The van der Waals surface area contributed by atoms with E-state index in [1.807, 2.05) is 0 Å². The summed E-state index contributed by atoms with van der Waals surface area (Å²) >= 11 is 0. The molecule has 0 fully saturated rings. The monoisotopic (exact) mass is 126 g/mol. The molecule has 0 aromatic rings. The molecular formula is HF2NaO2S. The fourth-order valence-corrected chi connectivity index (χ4v) is 0. The fourth-order valence-electron chi connectivity index (χ4n) is 0. The van der Waals surface area contributed by atoms with E-state index in [9.17, 15) is 7.77 Å². The van der Waals surface area contributed by atoms with Crippen molar-refractivity contribution in [3.63, 3.8) is 0 Å². The molecule has 34 valence electrons. The van der Waals surface area contributed by atoms with E-state index in [1.165, 1.54) is 0 Å². The Balaban J connectivity index is 0. The molecule has 0 bridgehead atoms. The van der Waals surface area contributed by atoms with Gasteiger partial charge in [-0.15, -0.1) is 7.77 Å². The van der Waals surface area contributed by atoms with Crippen LogP contribution in [-0.2, 0) is 11.0 Å². The van der Waals surface area contributed by atoms with Gasteiger partial charge in [-0.25, -0.2) is 0 Å². The van der Waals surface area contributed by atoms with Gasteiger partial charge < -0.3 is 4.55 Å². The molecule has 6 heteroatoms. The molecule has 0 amide bonds. The normalized spacial score (nSPS) is 12.5. The van der Waals surface area contributed by atoms with Crippen LogP contribution in [0.3, 0.4) is 0 Å². The van der Waals surface area contributed by atoms with Crippen molar-refractivity contribution < 1.29 is 46.1 Å². The van der Waals surface area contributed by atoms with Crippen LogP contribution in [0.25, 0.3) is 0 Å². The van der Waals surface area contributed by atoms with Crippen LogP contribution in [0.15, 0.2) is 0 Å². The third-order valence-electron chi connectivity index (χ3n) is 0. The molecule has 0 saturated carbocycles. The third kappa shape index (κ3) is 83.3. The number of halogens is 2. The summed E-state index contributed by atoms with van der Waals surface area (Å²) in [7, 11) is -5.89. The summed E-state index contributed by atoms with van der Waals surface area (Å²) in [4.78, 5) is 0. The number of hydrogen-bond acceptors (Lipinski definition) is 2. The van der Waals surface area contributed by atoms with Gasteiger partial charge in [-0.2, -0.15) is 4.21 Å². The van der Waals surface area contributed by atoms with E-state index < -0.39 is 11.0 Å². The van der Waals surface area contributed by atoms with Gasteiger partial charge in [0.05, 0.1) is 0 Å². The molecular weight excluding hydrogens is 125 g/mol. The van der Waals surface area contributed by atoms with Gasteiger partial charge in [0.25, 0.3) is 0 Å². The van der Waals surface area contributed by atoms with Crippen LogP contribution in [0.5, 0.6) is 0 Å². The van der Waals surface area contributed by atoms with Gasteiger partial charge in [0.1, 0.15) is 0 Å². The van der Waals surface area contributed by atoms with E-state index in [2.05, 4.69) is 0 Å². The first-order chi connectivity index (χ1) is 2.00. The van der Waals surface area contributed by atoms with E-state index >= 15 is 0 Å². The number of rotatable bonds is 0. The summed E-state index contributed by atoms with van der Waals surface area (Å²) in [6.07, 6.45) is 0. The maximum atomic E-state index is 10.0. The van der Waals surface area contributed by atoms with E-state index in [4.69, 9.17) is 8.76 Å². The van der Waals surface area contributed by atoms with E-state index in [1.54, 1.807) is 0 Å². The van der Waals surface area contributed by atoms with Crippen molar-refractivity contribution in [1.82, 2.24) is 0 Å². The summed E-state index contributed by atoms with van der Waals surface area (Å²) in [5.74, 6) is 0. The number of thiol groups is 1. The van der Waals surface area contributed by atoms with Crippen molar-refractivity contribution in [2.75, 3.05) is 0 Å². The molecule has 0 aromatic heterocycles. The molecule has 0 aliphatic carbocycles. The number of hydrogen-bond donors (Lipinski definition) is 1. The Labute approximate surface area is 57.1 Å². The Morgan fingerprint density at radius 3 is 1.50 bits per heavy atom. The zero-order chi connectivity index (χ0) is 4.50. The third-order valence-corrected chi connectivity index (χ3v) is 0. The largest absolute Gasteiger partial charge is 1.00 e. The minimum Gasteiger partial charge on any atom is -0.722 e. The topological polar surface area (TPSA) is 40.1 Å². The van der Waals surface area contributed by atoms with Gasteiger partial charge in [0, 0.05) is 0 Å². The first-order valence-electron chi connectivity index (χ1n) is 0.703. The molecule has 0 unspecified atom stereocenters. The fraction of sp³-hybridized carbons (Fsp3) is 0. The Kier molecular flexibility index (Phi) is 5.09. The van der Waals surface area contributed by atoms with Crippen molar-refractivity contribution in [2.45, 2.75) is 0 Å². The zero-order valence-electron chi connectivity index (χ0n) is 3.02.